The summed E-state index contributed by atoms with van der Waals surface area (Å²) in [6.45, 7) is 4.19. The molecule has 0 aromatic rings. The molecule has 2 N–H and O–H groups in total. The van der Waals surface area contributed by atoms with Crippen LogP contribution in [0.15, 0.2) is 4.99 Å². The zero-order chi connectivity index (χ0) is 9.42. The first-order valence-electron chi connectivity index (χ1n) is 5.50. The Hall–Kier alpha value is -0.530. The number of hydrogen-bond donors (Lipinski definition) is 1. The summed E-state index contributed by atoms with van der Waals surface area (Å²) in [5.74, 6) is 3.40. The second kappa shape index (κ2) is 3.32. The highest BCUT2D eigenvalue weighted by Crippen LogP contribution is 2.48. The second-order valence-corrected chi connectivity index (χ2v) is 4.93. The van der Waals surface area contributed by atoms with E-state index < -0.39 is 0 Å². The minimum absolute atomic E-state index is 0.360. The third kappa shape index (κ3) is 1.72. The van der Waals surface area contributed by atoms with Gasteiger partial charge in [-0.1, -0.05) is 6.42 Å². The van der Waals surface area contributed by atoms with Crippen molar-refractivity contribution in [1.82, 2.24) is 0 Å². The summed E-state index contributed by atoms with van der Waals surface area (Å²) in [7, 11) is 0. The van der Waals surface area contributed by atoms with Crippen LogP contribution >= 0.6 is 0 Å². The Kier molecular flexibility index (Phi) is 2.31. The molecule has 2 aliphatic rings. The molecular formula is C11H20N2. The zero-order valence-corrected chi connectivity index (χ0v) is 8.66. The first-order chi connectivity index (χ1) is 6.16. The first kappa shape index (κ1) is 9.04. The molecule has 0 heterocycles. The quantitative estimate of drug-likeness (QED) is 0.513. The molecule has 0 aromatic heterocycles. The second-order valence-electron chi connectivity index (χ2n) is 4.93. The number of rotatable bonds is 2. The van der Waals surface area contributed by atoms with Crippen LogP contribution in [0.1, 0.15) is 39.5 Å². The maximum Gasteiger partial charge on any atom is 0.0974 e. The molecule has 13 heavy (non-hydrogen) atoms. The maximum atomic E-state index is 6.02. The van der Waals surface area contributed by atoms with Gasteiger partial charge in [-0.25, -0.2) is 0 Å². The van der Waals surface area contributed by atoms with Crippen LogP contribution in [0.2, 0.25) is 0 Å². The summed E-state index contributed by atoms with van der Waals surface area (Å²) in [5.41, 5.74) is 6.02. The van der Waals surface area contributed by atoms with Gasteiger partial charge in [-0.2, -0.15) is 0 Å². The Morgan fingerprint density at radius 2 is 2.08 bits per heavy atom. The molecule has 0 amide bonds. The molecule has 0 saturated heterocycles. The molecule has 2 aliphatic carbocycles. The van der Waals surface area contributed by atoms with Crippen LogP contribution in [0.25, 0.3) is 0 Å². The van der Waals surface area contributed by atoms with Crippen LogP contribution in [0.4, 0.5) is 0 Å². The normalized spacial score (nSPS) is 39.0. The van der Waals surface area contributed by atoms with E-state index in [-0.39, 0.29) is 0 Å². The van der Waals surface area contributed by atoms with Crippen LogP contribution in [0.3, 0.4) is 0 Å². The van der Waals surface area contributed by atoms with Crippen molar-refractivity contribution in [3.8, 4) is 0 Å². The fourth-order valence-electron chi connectivity index (χ4n) is 3.00. The molecule has 3 atom stereocenters. The van der Waals surface area contributed by atoms with Crippen molar-refractivity contribution < 1.29 is 0 Å². The number of aliphatic imine (C=N–C) groups is 1. The highest BCUT2D eigenvalue weighted by Gasteiger charge is 2.41. The van der Waals surface area contributed by atoms with Crippen LogP contribution in [0, 0.1) is 17.8 Å². The molecule has 3 unspecified atom stereocenters. The van der Waals surface area contributed by atoms with Gasteiger partial charge in [-0.3, -0.25) is 4.99 Å². The minimum Gasteiger partial charge on any atom is -0.387 e. The molecule has 2 fully saturated rings. The highest BCUT2D eigenvalue weighted by molar-refractivity contribution is 5.83. The zero-order valence-electron chi connectivity index (χ0n) is 8.66. The van der Waals surface area contributed by atoms with Crippen LogP contribution in [-0.2, 0) is 0 Å². The van der Waals surface area contributed by atoms with E-state index in [2.05, 4.69) is 18.8 Å². The largest absolute Gasteiger partial charge is 0.387 e. The van der Waals surface area contributed by atoms with E-state index in [1.54, 1.807) is 0 Å². The molecule has 74 valence electrons. The Morgan fingerprint density at radius 1 is 1.31 bits per heavy atom. The maximum absolute atomic E-state index is 6.02. The molecule has 2 bridgehead atoms. The van der Waals surface area contributed by atoms with Gasteiger partial charge in [0.1, 0.15) is 0 Å². The molecule has 0 radical (unpaired) electrons. The van der Waals surface area contributed by atoms with Crippen LogP contribution < -0.4 is 5.73 Å². The van der Waals surface area contributed by atoms with Crippen molar-refractivity contribution in [1.29, 1.82) is 0 Å². The van der Waals surface area contributed by atoms with Gasteiger partial charge in [0.2, 0.25) is 0 Å². The molecule has 2 saturated carbocycles. The number of hydrogen-bond acceptors (Lipinski definition) is 1. The highest BCUT2D eigenvalue weighted by atomic mass is 14.9. The Balaban J connectivity index is 2.02. The predicted octanol–water partition coefficient (Wildman–Crippen LogP) is 2.19. The number of fused-ring (bicyclic) bond motifs is 2. The number of nitrogens with zero attached hydrogens (tertiary/aromatic N) is 1. The van der Waals surface area contributed by atoms with E-state index in [0.29, 0.717) is 12.0 Å². The molecule has 2 rings (SSSR count). The van der Waals surface area contributed by atoms with Crippen LogP contribution in [-0.4, -0.2) is 11.9 Å². The van der Waals surface area contributed by atoms with Crippen molar-refractivity contribution in [2.75, 3.05) is 0 Å². The Bertz CT molecular complexity index is 220. The first-order valence-corrected chi connectivity index (χ1v) is 5.50. The fourth-order valence-corrected chi connectivity index (χ4v) is 3.00. The average Bonchev–Trinajstić information content (AvgIpc) is 2.62. The van der Waals surface area contributed by atoms with E-state index in [1.807, 2.05) is 0 Å². The van der Waals surface area contributed by atoms with Gasteiger partial charge in [0.15, 0.2) is 0 Å². The topological polar surface area (TPSA) is 38.4 Å². The Morgan fingerprint density at radius 3 is 2.54 bits per heavy atom. The summed E-state index contributed by atoms with van der Waals surface area (Å²) in [4.78, 5) is 4.47. The van der Waals surface area contributed by atoms with E-state index >= 15 is 0 Å². The fraction of sp³-hybridized carbons (Fsp3) is 0.909. The molecule has 0 aliphatic heterocycles. The smallest absolute Gasteiger partial charge is 0.0974 e. The van der Waals surface area contributed by atoms with E-state index in [4.69, 9.17) is 5.73 Å². The molecular weight excluding hydrogens is 160 g/mol. The van der Waals surface area contributed by atoms with E-state index in [1.165, 1.54) is 25.7 Å². The Labute approximate surface area is 80.6 Å². The van der Waals surface area contributed by atoms with Gasteiger partial charge >= 0.3 is 0 Å². The van der Waals surface area contributed by atoms with Gasteiger partial charge in [-0.15, -0.1) is 0 Å². The minimum atomic E-state index is 0.360. The lowest BCUT2D eigenvalue weighted by Gasteiger charge is -2.21. The van der Waals surface area contributed by atoms with Crippen molar-refractivity contribution >= 4 is 5.84 Å². The lowest BCUT2D eigenvalue weighted by atomic mass is 9.88. The monoisotopic (exact) mass is 180 g/mol. The van der Waals surface area contributed by atoms with E-state index in [0.717, 1.165) is 17.7 Å². The summed E-state index contributed by atoms with van der Waals surface area (Å²) < 4.78 is 0. The lowest BCUT2D eigenvalue weighted by molar-refractivity contribution is 0.411. The number of nitrogens with two attached hydrogens (primary N) is 1. The van der Waals surface area contributed by atoms with Gasteiger partial charge in [0.25, 0.3) is 0 Å². The van der Waals surface area contributed by atoms with Crippen molar-refractivity contribution in [3.63, 3.8) is 0 Å². The van der Waals surface area contributed by atoms with Crippen molar-refractivity contribution in [3.05, 3.63) is 0 Å². The molecule has 0 aromatic carbocycles. The average molecular weight is 180 g/mol. The molecule has 2 heteroatoms. The number of amidine groups is 1. The lowest BCUT2D eigenvalue weighted by Crippen LogP contribution is -2.29. The van der Waals surface area contributed by atoms with Gasteiger partial charge in [0, 0.05) is 12.0 Å². The van der Waals surface area contributed by atoms with Crippen molar-refractivity contribution in [2.24, 2.45) is 28.5 Å². The third-order valence-electron chi connectivity index (χ3n) is 3.53. The SMILES string of the molecule is CC(C)N=C(N)C1CC2CCC1C2. The van der Waals surface area contributed by atoms with Gasteiger partial charge in [0.05, 0.1) is 5.84 Å². The summed E-state index contributed by atoms with van der Waals surface area (Å²) >= 11 is 0. The van der Waals surface area contributed by atoms with E-state index in [9.17, 15) is 0 Å². The third-order valence-corrected chi connectivity index (χ3v) is 3.53. The molecule has 2 nitrogen and oxygen atoms in total. The van der Waals surface area contributed by atoms with Gasteiger partial charge < -0.3 is 5.73 Å². The summed E-state index contributed by atoms with van der Waals surface area (Å²) in [6, 6.07) is 0.360. The summed E-state index contributed by atoms with van der Waals surface area (Å²) in [5, 5.41) is 0. The van der Waals surface area contributed by atoms with Crippen LogP contribution in [0.5, 0.6) is 0 Å². The van der Waals surface area contributed by atoms with Gasteiger partial charge in [-0.05, 0) is 44.9 Å². The standard InChI is InChI=1S/C11H20N2/c1-7(2)13-11(12)10-6-8-3-4-9(10)5-8/h7-10H,3-6H2,1-2H3,(H2,12,13). The van der Waals surface area contributed by atoms with Crippen molar-refractivity contribution in [2.45, 2.75) is 45.6 Å². The summed E-state index contributed by atoms with van der Waals surface area (Å²) in [6.07, 6.45) is 5.56. The molecule has 0 spiro atoms. The predicted molar refractivity (Wildman–Crippen MR) is 55.7 cm³/mol.